The maximum atomic E-state index is 13.7. The molecular weight excluding hydrogens is 480 g/mol. The van der Waals surface area contributed by atoms with Gasteiger partial charge in [-0.15, -0.1) is 0 Å². The number of imidazole rings is 1. The summed E-state index contributed by atoms with van der Waals surface area (Å²) in [6, 6.07) is 15.8. The molecule has 0 aliphatic heterocycles. The maximum absolute atomic E-state index is 13.7. The van der Waals surface area contributed by atoms with Crippen LogP contribution in [0.3, 0.4) is 0 Å². The average molecular weight is 512 g/mol. The summed E-state index contributed by atoms with van der Waals surface area (Å²) in [6.07, 6.45) is 23.4. The zero-order chi connectivity index (χ0) is 26.3. The van der Waals surface area contributed by atoms with E-state index in [0.29, 0.717) is 47.4 Å². The Hall–Kier alpha value is -4.31. The Morgan fingerprint density at radius 2 is 1.67 bits per heavy atom. The first-order valence-corrected chi connectivity index (χ1v) is 14.0. The van der Waals surface area contributed by atoms with E-state index in [4.69, 9.17) is 0 Å². The number of allylic oxidation sites excluding steroid dienone is 9. The number of hydrogen-bond acceptors (Lipinski definition) is 2. The van der Waals surface area contributed by atoms with Crippen molar-refractivity contribution in [3.05, 3.63) is 142 Å². The Balaban J connectivity index is 1.17. The third-order valence-corrected chi connectivity index (χ3v) is 8.59. The van der Waals surface area contributed by atoms with Crippen LogP contribution in [0.4, 0.5) is 0 Å². The highest BCUT2D eigenvalue weighted by molar-refractivity contribution is 6.26. The Morgan fingerprint density at radius 1 is 0.846 bits per heavy atom. The predicted molar refractivity (Wildman–Crippen MR) is 152 cm³/mol. The van der Waals surface area contributed by atoms with Crippen LogP contribution in [0.15, 0.2) is 109 Å². The summed E-state index contributed by atoms with van der Waals surface area (Å²) in [5.41, 5.74) is 7.50. The van der Waals surface area contributed by atoms with Crippen molar-refractivity contribution in [2.45, 2.75) is 38.8 Å². The topological polar surface area (TPSA) is 43.0 Å². The van der Waals surface area contributed by atoms with Crippen LogP contribution in [0.2, 0.25) is 0 Å². The zero-order valence-corrected chi connectivity index (χ0v) is 21.9. The van der Waals surface area contributed by atoms with Crippen LogP contribution in [0, 0.1) is 11.8 Å². The SMILES string of the molecule is O=C1c2ccccc2C(=O)c2c1n(CCC1=CC=C3C=CC=CC3C1)c[n+]2CCC1C=Cc2ccccc2C1. The molecule has 1 aromatic heterocycles. The highest BCUT2D eigenvalue weighted by Crippen LogP contribution is 2.32. The quantitative estimate of drug-likeness (QED) is 0.289. The number of ketones is 2. The highest BCUT2D eigenvalue weighted by Gasteiger charge is 2.41. The van der Waals surface area contributed by atoms with E-state index in [1.54, 1.807) is 12.1 Å². The van der Waals surface area contributed by atoms with Gasteiger partial charge >= 0.3 is 0 Å². The van der Waals surface area contributed by atoms with E-state index < -0.39 is 0 Å². The molecule has 3 aromatic rings. The molecule has 0 saturated carbocycles. The number of aryl methyl sites for hydroxylation is 2. The van der Waals surface area contributed by atoms with Crippen molar-refractivity contribution in [1.82, 2.24) is 4.57 Å². The Morgan fingerprint density at radius 3 is 2.56 bits per heavy atom. The summed E-state index contributed by atoms with van der Waals surface area (Å²) >= 11 is 0. The molecule has 0 radical (unpaired) electrons. The molecule has 4 aliphatic rings. The molecule has 7 rings (SSSR count). The third kappa shape index (κ3) is 4.30. The molecule has 0 spiro atoms. The molecule has 0 bridgehead atoms. The number of nitrogens with zero attached hydrogens (tertiary/aromatic N) is 2. The molecule has 4 aliphatic carbocycles. The Labute approximate surface area is 229 Å². The molecule has 39 heavy (non-hydrogen) atoms. The summed E-state index contributed by atoms with van der Waals surface area (Å²) in [5.74, 6) is 0.735. The molecule has 4 nitrogen and oxygen atoms in total. The van der Waals surface area contributed by atoms with Crippen LogP contribution in [-0.2, 0) is 19.5 Å². The summed E-state index contributed by atoms with van der Waals surface area (Å²) in [6.45, 7) is 1.37. The van der Waals surface area contributed by atoms with Gasteiger partial charge < -0.3 is 0 Å². The van der Waals surface area contributed by atoms with E-state index in [-0.39, 0.29) is 11.6 Å². The van der Waals surface area contributed by atoms with Gasteiger partial charge in [0.2, 0.25) is 29.3 Å². The lowest BCUT2D eigenvalue weighted by Crippen LogP contribution is -2.41. The summed E-state index contributed by atoms with van der Waals surface area (Å²) < 4.78 is 4.08. The highest BCUT2D eigenvalue weighted by atomic mass is 16.1. The van der Waals surface area contributed by atoms with E-state index in [1.807, 2.05) is 27.6 Å². The molecule has 0 fully saturated rings. The van der Waals surface area contributed by atoms with Crippen LogP contribution >= 0.6 is 0 Å². The first-order valence-electron chi connectivity index (χ1n) is 14.0. The molecular formula is C35H31N2O2+. The van der Waals surface area contributed by atoms with Crippen molar-refractivity contribution in [3.8, 4) is 0 Å². The number of benzene rings is 2. The fourth-order valence-electron chi connectivity index (χ4n) is 6.46. The minimum Gasteiger partial charge on any atom is -0.284 e. The van der Waals surface area contributed by atoms with Crippen molar-refractivity contribution >= 4 is 17.6 Å². The fourth-order valence-corrected chi connectivity index (χ4v) is 6.46. The van der Waals surface area contributed by atoms with Crippen LogP contribution in [0.25, 0.3) is 6.08 Å². The second kappa shape index (κ2) is 9.77. The van der Waals surface area contributed by atoms with E-state index in [1.165, 1.54) is 22.3 Å². The second-order valence-corrected chi connectivity index (χ2v) is 11.0. The van der Waals surface area contributed by atoms with Gasteiger partial charge in [0, 0.05) is 23.5 Å². The van der Waals surface area contributed by atoms with Gasteiger partial charge in [-0.3, -0.25) is 9.59 Å². The lowest BCUT2D eigenvalue weighted by molar-refractivity contribution is -0.699. The smallest absolute Gasteiger partial charge is 0.244 e. The lowest BCUT2D eigenvalue weighted by Gasteiger charge is -2.22. The van der Waals surface area contributed by atoms with Crippen LogP contribution in [0.5, 0.6) is 0 Å². The minimum absolute atomic E-state index is 0.0490. The zero-order valence-electron chi connectivity index (χ0n) is 21.9. The number of hydrogen-bond donors (Lipinski definition) is 0. The van der Waals surface area contributed by atoms with Crippen LogP contribution in [-0.4, -0.2) is 16.1 Å². The molecule has 0 N–H and O–H groups in total. The second-order valence-electron chi connectivity index (χ2n) is 11.0. The molecule has 2 aromatic carbocycles. The first-order chi connectivity index (χ1) is 19.2. The number of carbonyl (C=O) groups excluding carboxylic acids is 2. The van der Waals surface area contributed by atoms with Gasteiger partial charge in [-0.25, -0.2) is 9.13 Å². The van der Waals surface area contributed by atoms with Crippen molar-refractivity contribution in [1.29, 1.82) is 0 Å². The molecule has 4 heteroatoms. The van der Waals surface area contributed by atoms with Gasteiger partial charge in [0.25, 0.3) is 0 Å². The van der Waals surface area contributed by atoms with Crippen LogP contribution < -0.4 is 4.57 Å². The van der Waals surface area contributed by atoms with Gasteiger partial charge in [0.1, 0.15) is 0 Å². The Kier molecular flexibility index (Phi) is 5.96. The van der Waals surface area contributed by atoms with E-state index in [2.05, 4.69) is 72.9 Å². The monoisotopic (exact) mass is 511 g/mol. The fraction of sp³-hybridized carbons (Fsp3) is 0.229. The van der Waals surface area contributed by atoms with Gasteiger partial charge in [-0.2, -0.15) is 0 Å². The molecule has 192 valence electrons. The van der Waals surface area contributed by atoms with Gasteiger partial charge in [0.15, 0.2) is 0 Å². The van der Waals surface area contributed by atoms with Crippen molar-refractivity contribution in [2.24, 2.45) is 11.8 Å². The number of aromatic nitrogens is 2. The largest absolute Gasteiger partial charge is 0.284 e. The van der Waals surface area contributed by atoms with E-state index in [0.717, 1.165) is 25.7 Å². The number of rotatable bonds is 6. The van der Waals surface area contributed by atoms with Gasteiger partial charge in [0.05, 0.1) is 13.1 Å². The number of fused-ring (bicyclic) bond motifs is 4. The maximum Gasteiger partial charge on any atom is 0.244 e. The van der Waals surface area contributed by atoms with Crippen molar-refractivity contribution in [2.75, 3.05) is 0 Å². The van der Waals surface area contributed by atoms with Crippen molar-refractivity contribution in [3.63, 3.8) is 0 Å². The van der Waals surface area contributed by atoms with Crippen molar-refractivity contribution < 1.29 is 14.2 Å². The summed E-state index contributed by atoms with van der Waals surface area (Å²) in [7, 11) is 0. The Bertz CT molecular complexity index is 1660. The first kappa shape index (κ1) is 23.8. The van der Waals surface area contributed by atoms with Gasteiger partial charge in [-0.1, -0.05) is 103 Å². The predicted octanol–water partition coefficient (Wildman–Crippen LogP) is 6.22. The van der Waals surface area contributed by atoms with Crippen LogP contribution in [0.1, 0.15) is 62.5 Å². The summed E-state index contributed by atoms with van der Waals surface area (Å²) in [5, 5.41) is 0. The molecule has 2 unspecified atom stereocenters. The van der Waals surface area contributed by atoms with Gasteiger partial charge in [-0.05, 0) is 41.9 Å². The molecule has 0 amide bonds. The average Bonchev–Trinajstić information content (AvgIpc) is 3.36. The van der Waals surface area contributed by atoms with E-state index in [9.17, 15) is 9.59 Å². The summed E-state index contributed by atoms with van der Waals surface area (Å²) in [4.78, 5) is 27.5. The molecule has 2 atom stereocenters. The number of carbonyl (C=O) groups is 2. The standard InChI is InChI=1S/C35H31N2O2/c38-34-30-11-5-6-12-31(30)35(39)33-32(34)36(19-17-24-13-15-26-7-1-3-9-28(26)21-24)23-37(33)20-18-25-14-16-27-8-2-4-10-29(27)22-25/h1-16,23-24,29H,17-22H2/q+1. The third-order valence-electron chi connectivity index (χ3n) is 8.59. The molecule has 1 heterocycles. The van der Waals surface area contributed by atoms with E-state index >= 15 is 0 Å². The lowest BCUT2D eigenvalue weighted by atomic mass is 9.83. The minimum atomic E-state index is -0.0504. The normalized spacial score (nSPS) is 20.6. The molecule has 0 saturated heterocycles.